The van der Waals surface area contributed by atoms with Crippen LogP contribution in [0, 0.1) is 10.1 Å². The number of nitrogens with zero attached hydrogens (tertiary/aromatic N) is 1. The predicted molar refractivity (Wildman–Crippen MR) is 272 cm³/mol. The van der Waals surface area contributed by atoms with Crippen molar-refractivity contribution in [3.8, 4) is 0 Å². The molecule has 536 valence electrons. The smallest absolute Gasteiger partial charge is 0.291 e. The van der Waals surface area contributed by atoms with Crippen molar-refractivity contribution in [3.63, 3.8) is 0 Å². The molecule has 26 N–H and O–H groups in total. The highest BCUT2D eigenvalue weighted by molar-refractivity contribution is 5.02. The second-order valence-corrected chi connectivity index (χ2v) is 22.8. The summed E-state index contributed by atoms with van der Waals surface area (Å²) < 4.78 is 91.5. The Balaban J connectivity index is 0.00000264. The summed E-state index contributed by atoms with van der Waals surface area (Å²) in [7, 11) is 0. The van der Waals surface area contributed by atoms with Crippen LogP contribution in [0.1, 0.15) is 0 Å². The molecule has 40 atom stereocenters. The predicted octanol–water partition coefficient (Wildman–Crippen LogP) is -17.8. The third-order valence-corrected chi connectivity index (χ3v) is 16.9. The summed E-state index contributed by atoms with van der Waals surface area (Å²) in [4.78, 5) is 8.36. The molecule has 92 heavy (non-hydrogen) atoms. The number of aliphatic hydroxyl groups is 23. The molecule has 30 fully saturated rings. The molecule has 0 amide bonds. The van der Waals surface area contributed by atoms with Gasteiger partial charge in [-0.25, -0.2) is 0 Å². The lowest BCUT2D eigenvalue weighted by molar-refractivity contribution is -0.742. The van der Waals surface area contributed by atoms with E-state index in [1.807, 2.05) is 0 Å². The summed E-state index contributed by atoms with van der Waals surface area (Å²) in [6.45, 7) is -8.06. The van der Waals surface area contributed by atoms with Gasteiger partial charge in [-0.05, 0) is 0 Å². The van der Waals surface area contributed by atoms with E-state index in [1.54, 1.807) is 0 Å². The van der Waals surface area contributed by atoms with Crippen molar-refractivity contribution in [2.75, 3.05) is 52.8 Å². The van der Waals surface area contributed by atoms with Crippen molar-refractivity contribution < 1.29 is 204 Å². The highest BCUT2D eigenvalue weighted by Gasteiger charge is 2.60. The molecule has 30 aliphatic rings. The summed E-state index contributed by atoms with van der Waals surface area (Å²) in [5, 5.41) is 268. The Morgan fingerprint density at radius 3 is 0.457 bits per heavy atom. The van der Waals surface area contributed by atoms with Gasteiger partial charge in [-0.2, -0.15) is 0 Å². The largest absolute Gasteiger partial charge is 0.394 e. The van der Waals surface area contributed by atoms with Crippen LogP contribution in [0.15, 0.2) is 0 Å². The topological polar surface area (TPSA) is 702 Å². The third kappa shape index (κ3) is 15.5. The van der Waals surface area contributed by atoms with Gasteiger partial charge in [-0.1, -0.05) is 0 Å². The van der Waals surface area contributed by atoms with Crippen LogP contribution < -0.4 is 5.73 Å². The fraction of sp³-hybridized carbons (Fsp3) is 1.00. The minimum Gasteiger partial charge on any atom is -0.394 e. The van der Waals surface area contributed by atoms with Gasteiger partial charge in [0, 0.05) is 6.54 Å². The second kappa shape index (κ2) is 32.5. The summed E-state index contributed by atoms with van der Waals surface area (Å²) in [5.74, 6) is 0. The van der Waals surface area contributed by atoms with Crippen molar-refractivity contribution in [1.29, 1.82) is 0 Å². The van der Waals surface area contributed by atoms with E-state index >= 15 is 0 Å². The van der Waals surface area contributed by atoms with Crippen LogP contribution in [0.3, 0.4) is 0 Å². The molecule has 0 aromatic rings. The van der Waals surface area contributed by atoms with Crippen molar-refractivity contribution in [2.45, 2.75) is 246 Å². The minimum atomic E-state index is -2.24. The minimum absolute atomic E-state index is 0.580. The van der Waals surface area contributed by atoms with Crippen LogP contribution in [-0.4, -0.2) is 426 Å². The number of aliphatic hydroxyl groups excluding tert-OH is 23. The van der Waals surface area contributed by atoms with Gasteiger partial charge in [0.2, 0.25) is 0 Å². The van der Waals surface area contributed by atoms with E-state index in [1.165, 1.54) is 0 Å². The fourth-order valence-corrected chi connectivity index (χ4v) is 11.9. The Kier molecular flexibility index (Phi) is 26.6. The Labute approximate surface area is 517 Å². The Morgan fingerprint density at radius 1 is 0.239 bits per heavy atom. The Hall–Kier alpha value is -2.40. The van der Waals surface area contributed by atoms with Crippen molar-refractivity contribution in [1.82, 2.24) is 0 Å². The maximum atomic E-state index is 11.4. The average Bonchev–Trinajstić information content (AvgIpc) is 0.796. The first kappa shape index (κ1) is 75.4. The van der Waals surface area contributed by atoms with Crippen molar-refractivity contribution in [2.24, 2.45) is 5.73 Å². The molecule has 0 aromatic heterocycles. The molecular weight excluding hydrogens is 1280 g/mol. The third-order valence-electron chi connectivity index (χ3n) is 16.9. The van der Waals surface area contributed by atoms with Gasteiger partial charge in [0.05, 0.1) is 46.2 Å². The molecule has 0 unspecified atom stereocenters. The Bertz CT molecular complexity index is 1820. The lowest BCUT2D eigenvalue weighted by Crippen LogP contribution is -2.69. The lowest BCUT2D eigenvalue weighted by atomic mass is 9.94. The lowest BCUT2D eigenvalue weighted by Gasteiger charge is -2.50. The van der Waals surface area contributed by atoms with E-state index < -0.39 is 304 Å². The van der Waals surface area contributed by atoms with Gasteiger partial charge in [0.1, 0.15) is 195 Å². The SMILES string of the molecule is NC[C@H]1O[C@@H]2O[C@H]3[C@H](O)[C@@H](O)[C@@H](O[C@H]4[C@H](O)[C@@H](O)[C@@H](O[C@H]5[C@H](O)[C@@H](O)[C@@H](O[C@H]6[C@H](O)[C@@H](O)[C@@H](O[C@H]7[C@H](O)[C@@H](O)[C@@H](O[C@H]8[C@H](O)[C@@H](O)[C@@H](O[C@H]9[C@H](O)[C@@H](O)[C@@H](O[C@H]1[C@H](O)[C@H]2O)O[C@@H]9CO)O[C@@H]8CO)O[C@@H]7CO)O[C@@H]6CO)O[C@@H]5CO)O[C@@H]4CO)O[C@@H]3CO.O=[N+]([O-])O. The summed E-state index contributed by atoms with van der Waals surface area (Å²) in [5.41, 5.74) is 5.96. The highest BCUT2D eigenvalue weighted by Crippen LogP contribution is 2.40. The molecule has 0 radical (unpaired) electrons. The van der Waals surface area contributed by atoms with Crippen LogP contribution in [0.25, 0.3) is 0 Å². The number of hydrogen-bond acceptors (Lipinski definition) is 42. The fourth-order valence-electron chi connectivity index (χ4n) is 11.9. The summed E-state index contributed by atoms with van der Waals surface area (Å²) in [6.07, 6.45) is -80.9. The maximum Gasteiger partial charge on any atom is 0.291 e. The van der Waals surface area contributed by atoms with Crippen LogP contribution in [0.4, 0.5) is 0 Å². The monoisotopic (exact) mass is 1360 g/mol. The van der Waals surface area contributed by atoms with Gasteiger partial charge >= 0.3 is 0 Å². The van der Waals surface area contributed by atoms with Gasteiger partial charge < -0.3 is 204 Å². The molecule has 30 heterocycles. The average molecular weight is 1360 g/mol. The van der Waals surface area contributed by atoms with E-state index in [2.05, 4.69) is 0 Å². The quantitative estimate of drug-likeness (QED) is 0.0793. The molecule has 0 aliphatic carbocycles. The van der Waals surface area contributed by atoms with Gasteiger partial charge in [-0.3, -0.25) is 0 Å². The molecule has 16 bridgehead atoms. The molecule has 0 saturated carbocycles. The number of rotatable bonds is 8. The molecule has 44 heteroatoms. The maximum absolute atomic E-state index is 11.4. The van der Waals surface area contributed by atoms with Gasteiger partial charge in [-0.15, -0.1) is 10.1 Å². The molecular formula is C48H82N2O42. The van der Waals surface area contributed by atoms with E-state index in [-0.39, 0.29) is 0 Å². The van der Waals surface area contributed by atoms with E-state index in [4.69, 9.17) is 96.8 Å². The molecule has 0 spiro atoms. The van der Waals surface area contributed by atoms with Crippen LogP contribution in [0.5, 0.6) is 0 Å². The molecule has 44 nitrogen and oxygen atoms in total. The molecule has 30 aliphatic heterocycles. The standard InChI is InChI=1S/C48H81NO39.HNO3/c49-1-9-33-17(57)25(65)41(73-9)82-34-10(2-50)75-43(27(67)19(34)59)84-36-12(4-52)77-45(29(69)21(36)61)86-38-14(6-54)79-47(31(71)23(38)63)88-40-16(8-56)80-48(32(72)24(40)64)87-39-15(7-55)78-46(30(70)22(39)62)85-37-13(5-53)76-44(28(68)20(37)60)83-35-11(3-51)74-42(81-33)26(66)18(35)58;2-1(3)4/h9-48,50-72H,1-8,49H2;(H,2,3,4)/t9-,10-,11-,12-,13-,14-,15-,16-,17-,18-,19-,20-,21-,22-,23-,24-,25-,26-,27-,28-,29-,30-,31-,32-,33-,34-,35-,36-,37-,38-,39-,40-,41-,42-,43-,44-,45-,46-,47-,48-;/m1./s1. The summed E-state index contributed by atoms with van der Waals surface area (Å²) in [6, 6.07) is 0. The van der Waals surface area contributed by atoms with E-state index in [9.17, 15) is 117 Å². The normalized spacial score (nSPS) is 53.2. The van der Waals surface area contributed by atoms with E-state index in [0.29, 0.717) is 0 Å². The Morgan fingerprint density at radius 2 is 0.348 bits per heavy atom. The first-order chi connectivity index (χ1) is 43.6. The first-order valence-electron chi connectivity index (χ1n) is 28.8. The van der Waals surface area contributed by atoms with E-state index in [0.717, 1.165) is 0 Å². The van der Waals surface area contributed by atoms with Crippen LogP contribution in [-0.2, 0) is 75.8 Å². The second-order valence-electron chi connectivity index (χ2n) is 22.8. The molecule has 30 rings (SSSR count). The number of nitrogens with two attached hydrogens (primary N) is 1. The highest BCUT2D eigenvalue weighted by atomic mass is 16.9. The van der Waals surface area contributed by atoms with Crippen LogP contribution in [0.2, 0.25) is 0 Å². The zero-order valence-electron chi connectivity index (χ0n) is 47.9. The van der Waals surface area contributed by atoms with Crippen LogP contribution >= 0.6 is 0 Å². The first-order valence-corrected chi connectivity index (χ1v) is 28.8. The summed E-state index contributed by atoms with van der Waals surface area (Å²) >= 11 is 0. The van der Waals surface area contributed by atoms with Crippen molar-refractivity contribution >= 4 is 0 Å². The van der Waals surface area contributed by atoms with Crippen molar-refractivity contribution in [3.05, 3.63) is 10.1 Å². The zero-order valence-corrected chi connectivity index (χ0v) is 47.9. The zero-order chi connectivity index (χ0) is 67.6. The molecule has 30 saturated heterocycles. The van der Waals surface area contributed by atoms with Gasteiger partial charge in [0.15, 0.2) is 50.3 Å². The molecule has 0 aromatic carbocycles. The number of ether oxygens (including phenoxy) is 16. The van der Waals surface area contributed by atoms with Gasteiger partial charge in [0.25, 0.3) is 5.09 Å². The number of hydrogen-bond donors (Lipinski definition) is 25.